The molecule has 124 valence electrons. The number of carbonyl (C=O) groups excluding carboxylic acids is 1. The van der Waals surface area contributed by atoms with E-state index in [1.807, 2.05) is 22.9 Å². The lowest BCUT2D eigenvalue weighted by atomic mass is 10.2. The van der Waals surface area contributed by atoms with Crippen LogP contribution in [-0.4, -0.2) is 66.8 Å². The Labute approximate surface area is 136 Å². The summed E-state index contributed by atoms with van der Waals surface area (Å²) in [5.74, 6) is 0.726. The summed E-state index contributed by atoms with van der Waals surface area (Å²) in [6, 6.07) is 8.78. The van der Waals surface area contributed by atoms with Gasteiger partial charge in [0.2, 0.25) is 5.91 Å². The number of nitriles is 1. The molecule has 6 nitrogen and oxygen atoms in total. The Morgan fingerprint density at radius 3 is 2.65 bits per heavy atom. The summed E-state index contributed by atoms with van der Waals surface area (Å²) in [5, 5.41) is 18.7. The third kappa shape index (κ3) is 5.55. The van der Waals surface area contributed by atoms with Gasteiger partial charge in [0, 0.05) is 19.6 Å². The van der Waals surface area contributed by atoms with Crippen molar-refractivity contribution in [2.45, 2.75) is 18.9 Å². The molecule has 1 amide bonds. The second-order valence-electron chi connectivity index (χ2n) is 5.89. The number of hydrogen-bond donors (Lipinski definition) is 1. The van der Waals surface area contributed by atoms with Crippen LogP contribution in [0.2, 0.25) is 0 Å². The molecule has 1 atom stereocenters. The van der Waals surface area contributed by atoms with Gasteiger partial charge in [-0.3, -0.25) is 9.69 Å². The number of carbonyl (C=O) groups is 1. The molecule has 0 aliphatic carbocycles. The summed E-state index contributed by atoms with van der Waals surface area (Å²) >= 11 is 0. The predicted octanol–water partition coefficient (Wildman–Crippen LogP) is 0.852. The number of benzene rings is 1. The van der Waals surface area contributed by atoms with E-state index in [9.17, 15) is 9.90 Å². The lowest BCUT2D eigenvalue weighted by Crippen LogP contribution is -2.41. The van der Waals surface area contributed by atoms with Crippen LogP contribution in [0.5, 0.6) is 5.75 Å². The lowest BCUT2D eigenvalue weighted by molar-refractivity contribution is -0.131. The highest BCUT2D eigenvalue weighted by Gasteiger charge is 2.20. The van der Waals surface area contributed by atoms with Crippen LogP contribution in [0.3, 0.4) is 0 Å². The molecule has 1 aliphatic rings. The van der Waals surface area contributed by atoms with Crippen LogP contribution in [0.15, 0.2) is 24.3 Å². The van der Waals surface area contributed by atoms with Gasteiger partial charge in [-0.25, -0.2) is 0 Å². The van der Waals surface area contributed by atoms with Crippen LogP contribution < -0.4 is 4.74 Å². The molecule has 1 heterocycles. The summed E-state index contributed by atoms with van der Waals surface area (Å²) in [5.41, 5.74) is 0.568. The first-order valence-corrected chi connectivity index (χ1v) is 7.86. The Bertz CT molecular complexity index is 547. The highest BCUT2D eigenvalue weighted by molar-refractivity contribution is 5.78. The largest absolute Gasteiger partial charge is 0.491 e. The molecule has 1 fully saturated rings. The highest BCUT2D eigenvalue weighted by Crippen LogP contribution is 2.12. The van der Waals surface area contributed by atoms with E-state index < -0.39 is 6.10 Å². The molecule has 0 saturated carbocycles. The fourth-order valence-corrected chi connectivity index (χ4v) is 2.59. The Balaban J connectivity index is 1.69. The molecule has 0 bridgehead atoms. The van der Waals surface area contributed by atoms with E-state index in [0.29, 0.717) is 24.4 Å². The third-order valence-corrected chi connectivity index (χ3v) is 3.81. The molecule has 0 spiro atoms. The van der Waals surface area contributed by atoms with E-state index >= 15 is 0 Å². The summed E-state index contributed by atoms with van der Waals surface area (Å²) in [7, 11) is 1.82. The van der Waals surface area contributed by atoms with Crippen molar-refractivity contribution >= 4 is 5.91 Å². The minimum atomic E-state index is -0.679. The normalized spacial score (nSPS) is 15.5. The van der Waals surface area contributed by atoms with Gasteiger partial charge in [0.15, 0.2) is 0 Å². The van der Waals surface area contributed by atoms with Crippen molar-refractivity contribution in [1.29, 1.82) is 5.26 Å². The summed E-state index contributed by atoms with van der Waals surface area (Å²) in [4.78, 5) is 15.7. The molecule has 1 aromatic carbocycles. The van der Waals surface area contributed by atoms with E-state index in [-0.39, 0.29) is 12.5 Å². The van der Waals surface area contributed by atoms with Crippen molar-refractivity contribution < 1.29 is 14.6 Å². The van der Waals surface area contributed by atoms with Crippen LogP contribution in [-0.2, 0) is 4.79 Å². The van der Waals surface area contributed by atoms with Gasteiger partial charge in [0.05, 0.1) is 18.2 Å². The first-order valence-electron chi connectivity index (χ1n) is 7.86. The van der Waals surface area contributed by atoms with Crippen LogP contribution in [0.25, 0.3) is 0 Å². The maximum atomic E-state index is 12.0. The van der Waals surface area contributed by atoms with Crippen LogP contribution in [0, 0.1) is 11.3 Å². The number of rotatable bonds is 7. The van der Waals surface area contributed by atoms with Crippen molar-refractivity contribution in [2.24, 2.45) is 0 Å². The Morgan fingerprint density at radius 2 is 2.04 bits per heavy atom. The van der Waals surface area contributed by atoms with Crippen molar-refractivity contribution in [1.82, 2.24) is 9.80 Å². The minimum absolute atomic E-state index is 0.116. The minimum Gasteiger partial charge on any atom is -0.491 e. The number of likely N-dealkylation sites (tertiary alicyclic amines) is 1. The second kappa shape index (κ2) is 8.51. The van der Waals surface area contributed by atoms with Gasteiger partial charge < -0.3 is 14.7 Å². The highest BCUT2D eigenvalue weighted by atomic mass is 16.5. The fourth-order valence-electron chi connectivity index (χ4n) is 2.59. The van der Waals surface area contributed by atoms with Gasteiger partial charge >= 0.3 is 0 Å². The molecule has 0 radical (unpaired) electrons. The molecule has 1 saturated heterocycles. The number of ether oxygens (including phenoxy) is 1. The van der Waals surface area contributed by atoms with E-state index in [4.69, 9.17) is 10.00 Å². The molecule has 0 aromatic heterocycles. The Morgan fingerprint density at radius 1 is 1.39 bits per heavy atom. The Hall–Kier alpha value is -2.10. The van der Waals surface area contributed by atoms with Gasteiger partial charge in [-0.2, -0.15) is 5.26 Å². The van der Waals surface area contributed by atoms with E-state index in [1.54, 1.807) is 24.3 Å². The molecular formula is C17H23N3O3. The predicted molar refractivity (Wildman–Crippen MR) is 86.0 cm³/mol. The van der Waals surface area contributed by atoms with Crippen LogP contribution in [0.1, 0.15) is 18.4 Å². The zero-order chi connectivity index (χ0) is 16.7. The van der Waals surface area contributed by atoms with Crippen molar-refractivity contribution in [3.8, 4) is 11.8 Å². The topological polar surface area (TPSA) is 76.8 Å². The average molecular weight is 317 g/mol. The zero-order valence-corrected chi connectivity index (χ0v) is 13.4. The molecule has 1 aromatic rings. The van der Waals surface area contributed by atoms with Gasteiger partial charge in [0.25, 0.3) is 0 Å². The summed E-state index contributed by atoms with van der Waals surface area (Å²) in [6.45, 7) is 2.52. The molecule has 23 heavy (non-hydrogen) atoms. The zero-order valence-electron chi connectivity index (χ0n) is 13.4. The lowest BCUT2D eigenvalue weighted by Gasteiger charge is -2.23. The monoisotopic (exact) mass is 317 g/mol. The number of likely N-dealkylation sites (N-methyl/N-ethyl adjacent to an activating group) is 1. The van der Waals surface area contributed by atoms with Gasteiger partial charge in [-0.15, -0.1) is 0 Å². The maximum absolute atomic E-state index is 12.0. The summed E-state index contributed by atoms with van der Waals surface area (Å²) < 4.78 is 5.49. The molecule has 2 rings (SSSR count). The molecule has 1 aliphatic heterocycles. The standard InChI is InChI=1S/C17H23N3O3/c1-19(12-17(22)20-8-2-3-9-20)11-15(21)13-23-16-6-4-14(10-18)5-7-16/h4-7,15,21H,2-3,8-9,11-13H2,1H3/t15-/m0/s1. The Kier molecular flexibility index (Phi) is 6.39. The first kappa shape index (κ1) is 17.3. The number of hydrogen-bond acceptors (Lipinski definition) is 5. The quantitative estimate of drug-likeness (QED) is 0.807. The van der Waals surface area contributed by atoms with E-state index in [2.05, 4.69) is 0 Å². The van der Waals surface area contributed by atoms with Crippen molar-refractivity contribution in [3.63, 3.8) is 0 Å². The number of aliphatic hydroxyl groups is 1. The molecule has 6 heteroatoms. The molecule has 1 N–H and O–H groups in total. The van der Waals surface area contributed by atoms with Gasteiger partial charge in [-0.05, 0) is 44.2 Å². The average Bonchev–Trinajstić information content (AvgIpc) is 3.08. The van der Waals surface area contributed by atoms with Crippen molar-refractivity contribution in [3.05, 3.63) is 29.8 Å². The van der Waals surface area contributed by atoms with Crippen LogP contribution >= 0.6 is 0 Å². The SMILES string of the molecule is CN(CC(=O)N1CCCC1)C[C@H](O)COc1ccc(C#N)cc1. The molecule has 0 unspecified atom stereocenters. The second-order valence-corrected chi connectivity index (χ2v) is 5.89. The maximum Gasteiger partial charge on any atom is 0.236 e. The molecular weight excluding hydrogens is 294 g/mol. The van der Waals surface area contributed by atoms with E-state index in [0.717, 1.165) is 25.9 Å². The van der Waals surface area contributed by atoms with Gasteiger partial charge in [0.1, 0.15) is 18.5 Å². The third-order valence-electron chi connectivity index (χ3n) is 3.81. The van der Waals surface area contributed by atoms with Crippen LogP contribution in [0.4, 0.5) is 0 Å². The van der Waals surface area contributed by atoms with Gasteiger partial charge in [-0.1, -0.05) is 0 Å². The summed E-state index contributed by atoms with van der Waals surface area (Å²) in [6.07, 6.45) is 1.48. The number of nitrogens with zero attached hydrogens (tertiary/aromatic N) is 3. The number of amides is 1. The number of aliphatic hydroxyl groups excluding tert-OH is 1. The first-order chi connectivity index (χ1) is 11.1. The smallest absolute Gasteiger partial charge is 0.236 e. The fraction of sp³-hybridized carbons (Fsp3) is 0.529. The van der Waals surface area contributed by atoms with E-state index in [1.165, 1.54) is 0 Å². The van der Waals surface area contributed by atoms with Crippen molar-refractivity contribution in [2.75, 3.05) is 39.8 Å².